The van der Waals surface area contributed by atoms with Crippen LogP contribution in [-0.4, -0.2) is 28.1 Å². The summed E-state index contributed by atoms with van der Waals surface area (Å²) in [6.07, 6.45) is -4.44. The molecule has 0 aromatic heterocycles. The lowest BCUT2D eigenvalue weighted by atomic mass is 10.00. The molecule has 3 nitrogen and oxygen atoms in total. The van der Waals surface area contributed by atoms with Crippen LogP contribution >= 0.6 is 0 Å². The summed E-state index contributed by atoms with van der Waals surface area (Å²) in [5.74, 6) is -1.07. The number of carboxylic acids is 1. The van der Waals surface area contributed by atoms with Crippen molar-refractivity contribution in [1.82, 2.24) is 4.90 Å². The molecule has 0 aliphatic carbocycles. The fraction of sp³-hybridized carbons (Fsp3) is 0.500. The number of carbonyl (C=O) groups is 1. The maximum atomic E-state index is 12.9. The molecule has 112 valence electrons. The summed E-state index contributed by atoms with van der Waals surface area (Å²) in [5.41, 5.74) is -1.87. The van der Waals surface area contributed by atoms with Crippen molar-refractivity contribution in [3.63, 3.8) is 0 Å². The Morgan fingerprint density at radius 2 is 1.80 bits per heavy atom. The van der Waals surface area contributed by atoms with Crippen LogP contribution in [0, 0.1) is 0 Å². The van der Waals surface area contributed by atoms with Crippen molar-refractivity contribution >= 4 is 5.97 Å². The molecule has 1 aromatic rings. The molecule has 1 aromatic carbocycles. The van der Waals surface area contributed by atoms with E-state index in [1.54, 1.807) is 6.92 Å². The molecule has 20 heavy (non-hydrogen) atoms. The fourth-order valence-electron chi connectivity index (χ4n) is 1.98. The Hall–Kier alpha value is -1.56. The first kappa shape index (κ1) is 16.5. The summed E-state index contributed by atoms with van der Waals surface area (Å²) in [4.78, 5) is 12.7. The predicted molar refractivity (Wildman–Crippen MR) is 69.2 cm³/mol. The summed E-state index contributed by atoms with van der Waals surface area (Å²) in [6.45, 7) is 4.96. The van der Waals surface area contributed by atoms with E-state index >= 15 is 0 Å². The van der Waals surface area contributed by atoms with E-state index in [9.17, 15) is 23.1 Å². The maximum Gasteiger partial charge on any atom is 0.416 e. The summed E-state index contributed by atoms with van der Waals surface area (Å²) >= 11 is 0. The molecule has 0 spiro atoms. The molecule has 0 aliphatic heterocycles. The normalized spacial score (nSPS) is 12.8. The van der Waals surface area contributed by atoms with Crippen LogP contribution in [-0.2, 0) is 17.5 Å². The molecule has 0 saturated carbocycles. The highest BCUT2D eigenvalue weighted by Gasteiger charge is 2.37. The number of hydrogen-bond acceptors (Lipinski definition) is 2. The first-order valence-corrected chi connectivity index (χ1v) is 6.24. The molecule has 0 unspecified atom stereocenters. The van der Waals surface area contributed by atoms with Crippen LogP contribution in [0.25, 0.3) is 0 Å². The van der Waals surface area contributed by atoms with Crippen molar-refractivity contribution in [1.29, 1.82) is 0 Å². The third kappa shape index (κ3) is 3.50. The van der Waals surface area contributed by atoms with Crippen molar-refractivity contribution in [3.05, 3.63) is 35.4 Å². The smallest absolute Gasteiger partial charge is 0.416 e. The van der Waals surface area contributed by atoms with E-state index in [2.05, 4.69) is 0 Å². The van der Waals surface area contributed by atoms with Gasteiger partial charge < -0.3 is 5.11 Å². The number of hydrogen-bond donors (Lipinski definition) is 1. The highest BCUT2D eigenvalue weighted by Crippen LogP contribution is 2.33. The SMILES string of the molecule is CCN(Cc1ccccc1C(F)(F)F)C(C)(C)C(=O)O. The van der Waals surface area contributed by atoms with Gasteiger partial charge in [-0.2, -0.15) is 13.2 Å². The molecule has 0 fully saturated rings. The van der Waals surface area contributed by atoms with E-state index in [1.807, 2.05) is 0 Å². The zero-order valence-corrected chi connectivity index (χ0v) is 11.7. The van der Waals surface area contributed by atoms with Gasteiger partial charge in [-0.05, 0) is 32.0 Å². The third-order valence-corrected chi connectivity index (χ3v) is 3.38. The zero-order valence-electron chi connectivity index (χ0n) is 11.7. The van der Waals surface area contributed by atoms with Gasteiger partial charge in [0.2, 0.25) is 0 Å². The minimum atomic E-state index is -4.44. The van der Waals surface area contributed by atoms with Crippen molar-refractivity contribution in [2.24, 2.45) is 0 Å². The molecule has 0 aliphatic rings. The van der Waals surface area contributed by atoms with Gasteiger partial charge in [-0.1, -0.05) is 25.1 Å². The van der Waals surface area contributed by atoms with Crippen molar-refractivity contribution in [3.8, 4) is 0 Å². The number of likely N-dealkylation sites (N-methyl/N-ethyl adjacent to an activating group) is 1. The molecule has 0 saturated heterocycles. The summed E-state index contributed by atoms with van der Waals surface area (Å²) in [6, 6.07) is 5.23. The molecule has 0 radical (unpaired) electrons. The number of carboxylic acid groups (broad SMARTS) is 1. The third-order valence-electron chi connectivity index (χ3n) is 3.38. The monoisotopic (exact) mass is 289 g/mol. The average Bonchev–Trinajstić information content (AvgIpc) is 2.34. The molecular weight excluding hydrogens is 271 g/mol. The minimum Gasteiger partial charge on any atom is -0.480 e. The standard InChI is InChI=1S/C14H18F3NO2/c1-4-18(13(2,3)12(19)20)9-10-7-5-6-8-11(10)14(15,16)17/h5-8H,4,9H2,1-3H3,(H,19,20). The Labute approximate surface area is 116 Å². The van der Waals surface area contributed by atoms with Crippen LogP contribution < -0.4 is 0 Å². The van der Waals surface area contributed by atoms with E-state index in [0.717, 1.165) is 6.07 Å². The number of aliphatic carboxylic acids is 1. The Balaban J connectivity index is 3.12. The fourth-order valence-corrected chi connectivity index (χ4v) is 1.98. The van der Waals surface area contributed by atoms with Crippen LogP contribution in [0.5, 0.6) is 0 Å². The van der Waals surface area contributed by atoms with Gasteiger partial charge in [0.15, 0.2) is 0 Å². The first-order chi connectivity index (χ1) is 9.10. The highest BCUT2D eigenvalue weighted by atomic mass is 19.4. The summed E-state index contributed by atoms with van der Waals surface area (Å²) in [7, 11) is 0. The van der Waals surface area contributed by atoms with Gasteiger partial charge in [-0.25, -0.2) is 0 Å². The first-order valence-electron chi connectivity index (χ1n) is 6.24. The van der Waals surface area contributed by atoms with Gasteiger partial charge in [0, 0.05) is 6.54 Å². The van der Waals surface area contributed by atoms with Gasteiger partial charge in [0.25, 0.3) is 0 Å². The Morgan fingerprint density at radius 3 is 2.25 bits per heavy atom. The molecular formula is C14H18F3NO2. The van der Waals surface area contributed by atoms with E-state index in [-0.39, 0.29) is 12.1 Å². The van der Waals surface area contributed by atoms with Gasteiger partial charge >= 0.3 is 12.1 Å². The maximum absolute atomic E-state index is 12.9. The van der Waals surface area contributed by atoms with Crippen LogP contribution in [0.15, 0.2) is 24.3 Å². The van der Waals surface area contributed by atoms with Crippen LogP contribution in [0.2, 0.25) is 0 Å². The molecule has 0 heterocycles. The number of benzene rings is 1. The Kier molecular flexibility index (Phi) is 4.81. The lowest BCUT2D eigenvalue weighted by Crippen LogP contribution is -2.49. The lowest BCUT2D eigenvalue weighted by molar-refractivity contribution is -0.149. The Morgan fingerprint density at radius 1 is 1.25 bits per heavy atom. The summed E-state index contributed by atoms with van der Waals surface area (Å²) < 4.78 is 38.8. The van der Waals surface area contributed by atoms with E-state index in [1.165, 1.54) is 36.9 Å². The van der Waals surface area contributed by atoms with Gasteiger partial charge in [-0.15, -0.1) is 0 Å². The molecule has 0 atom stereocenters. The number of nitrogens with zero attached hydrogens (tertiary/aromatic N) is 1. The van der Waals surface area contributed by atoms with E-state index in [4.69, 9.17) is 0 Å². The van der Waals surface area contributed by atoms with Crippen molar-refractivity contribution < 1.29 is 23.1 Å². The molecule has 1 rings (SSSR count). The quantitative estimate of drug-likeness (QED) is 0.903. The average molecular weight is 289 g/mol. The second-order valence-corrected chi connectivity index (χ2v) is 5.03. The van der Waals surface area contributed by atoms with Crippen molar-refractivity contribution in [2.45, 2.75) is 39.0 Å². The van der Waals surface area contributed by atoms with Crippen LogP contribution in [0.3, 0.4) is 0 Å². The zero-order chi connectivity index (χ0) is 15.6. The second kappa shape index (κ2) is 5.83. The van der Waals surface area contributed by atoms with Crippen molar-refractivity contribution in [2.75, 3.05) is 6.54 Å². The predicted octanol–water partition coefficient (Wildman–Crippen LogP) is 3.39. The second-order valence-electron chi connectivity index (χ2n) is 5.03. The van der Waals surface area contributed by atoms with E-state index < -0.39 is 23.2 Å². The minimum absolute atomic E-state index is 0.0640. The summed E-state index contributed by atoms with van der Waals surface area (Å²) in [5, 5.41) is 9.19. The largest absolute Gasteiger partial charge is 0.480 e. The van der Waals surface area contributed by atoms with Gasteiger partial charge in [0.05, 0.1) is 5.56 Å². The van der Waals surface area contributed by atoms with Gasteiger partial charge in [0.1, 0.15) is 5.54 Å². The molecule has 0 bridgehead atoms. The number of rotatable bonds is 5. The topological polar surface area (TPSA) is 40.5 Å². The highest BCUT2D eigenvalue weighted by molar-refractivity contribution is 5.77. The van der Waals surface area contributed by atoms with E-state index in [0.29, 0.717) is 6.54 Å². The molecule has 6 heteroatoms. The van der Waals surface area contributed by atoms with Crippen LogP contribution in [0.4, 0.5) is 13.2 Å². The van der Waals surface area contributed by atoms with Gasteiger partial charge in [-0.3, -0.25) is 9.69 Å². The lowest BCUT2D eigenvalue weighted by Gasteiger charge is -2.34. The number of alkyl halides is 3. The molecule has 1 N–H and O–H groups in total. The number of halogens is 3. The van der Waals surface area contributed by atoms with Crippen LogP contribution in [0.1, 0.15) is 31.9 Å². The molecule has 0 amide bonds. The Bertz CT molecular complexity index is 484.